The Labute approximate surface area is 119 Å². The van der Waals surface area contributed by atoms with Crippen molar-refractivity contribution in [2.75, 3.05) is 6.54 Å². The Morgan fingerprint density at radius 3 is 2.47 bits per heavy atom. The number of aromatic nitrogens is 1. The van der Waals surface area contributed by atoms with Crippen molar-refractivity contribution in [2.24, 2.45) is 12.8 Å². The first-order valence-corrected chi connectivity index (χ1v) is 6.15. The van der Waals surface area contributed by atoms with E-state index in [2.05, 4.69) is 5.32 Å². The fourth-order valence-electron chi connectivity index (χ4n) is 1.55. The number of rotatable bonds is 5. The Morgan fingerprint density at radius 2 is 2.00 bits per heavy atom. The zero-order chi connectivity index (χ0) is 13.8. The number of nitrogens with one attached hydrogen (secondary N) is 1. The Kier molecular flexibility index (Phi) is 6.79. The standard InChI is InChI=1S/C13H21N3O2.ClH/c1-4-13(14,5-2)9-15-12(18)10-6-7-16(3)11(17)8-10;/h6-8H,4-5,9,14H2,1-3H3,(H,15,18);1H. The highest BCUT2D eigenvalue weighted by atomic mass is 35.5. The predicted octanol–water partition coefficient (Wildman–Crippen LogP) is 1.05. The number of hydrogen-bond acceptors (Lipinski definition) is 3. The van der Waals surface area contributed by atoms with E-state index in [9.17, 15) is 9.59 Å². The van der Waals surface area contributed by atoms with Crippen molar-refractivity contribution in [1.82, 2.24) is 9.88 Å². The summed E-state index contributed by atoms with van der Waals surface area (Å²) in [5, 5.41) is 2.78. The van der Waals surface area contributed by atoms with Crippen molar-refractivity contribution in [3.05, 3.63) is 34.2 Å². The van der Waals surface area contributed by atoms with Crippen LogP contribution in [-0.4, -0.2) is 22.6 Å². The molecule has 0 spiro atoms. The fourth-order valence-corrected chi connectivity index (χ4v) is 1.55. The van der Waals surface area contributed by atoms with Crippen LogP contribution in [0.4, 0.5) is 0 Å². The third-order valence-electron chi connectivity index (χ3n) is 3.38. The molecular formula is C13H22ClN3O2. The third-order valence-corrected chi connectivity index (χ3v) is 3.38. The second kappa shape index (κ2) is 7.31. The van der Waals surface area contributed by atoms with Gasteiger partial charge in [-0.3, -0.25) is 9.59 Å². The van der Waals surface area contributed by atoms with Crippen molar-refractivity contribution < 1.29 is 4.79 Å². The molecule has 1 aromatic rings. The van der Waals surface area contributed by atoms with Gasteiger partial charge in [0.25, 0.3) is 11.5 Å². The van der Waals surface area contributed by atoms with Crippen LogP contribution in [0.5, 0.6) is 0 Å². The summed E-state index contributed by atoms with van der Waals surface area (Å²) in [6.45, 7) is 4.40. The number of nitrogens with zero attached hydrogens (tertiary/aromatic N) is 1. The van der Waals surface area contributed by atoms with E-state index >= 15 is 0 Å². The second-order valence-corrected chi connectivity index (χ2v) is 4.62. The van der Waals surface area contributed by atoms with Gasteiger partial charge >= 0.3 is 0 Å². The van der Waals surface area contributed by atoms with Gasteiger partial charge in [0.2, 0.25) is 0 Å². The van der Waals surface area contributed by atoms with Gasteiger partial charge in [-0.1, -0.05) is 13.8 Å². The van der Waals surface area contributed by atoms with Crippen LogP contribution < -0.4 is 16.6 Å². The normalized spacial score (nSPS) is 10.7. The lowest BCUT2D eigenvalue weighted by atomic mass is 9.94. The van der Waals surface area contributed by atoms with Crippen molar-refractivity contribution in [2.45, 2.75) is 32.2 Å². The molecule has 0 aromatic carbocycles. The molecule has 1 amide bonds. The first-order chi connectivity index (χ1) is 8.41. The highest BCUT2D eigenvalue weighted by Crippen LogP contribution is 2.09. The molecule has 1 rings (SSSR count). The molecule has 0 aliphatic heterocycles. The van der Waals surface area contributed by atoms with E-state index in [1.165, 1.54) is 10.6 Å². The summed E-state index contributed by atoms with van der Waals surface area (Å²) in [6, 6.07) is 2.94. The number of halogens is 1. The van der Waals surface area contributed by atoms with Crippen LogP contribution in [-0.2, 0) is 7.05 Å². The lowest BCUT2D eigenvalue weighted by Gasteiger charge is -2.26. The molecule has 6 heteroatoms. The van der Waals surface area contributed by atoms with Gasteiger partial charge in [-0.25, -0.2) is 0 Å². The number of aryl methyl sites for hydroxylation is 1. The van der Waals surface area contributed by atoms with Gasteiger partial charge in [0, 0.05) is 37.0 Å². The van der Waals surface area contributed by atoms with Crippen LogP contribution in [0.1, 0.15) is 37.0 Å². The van der Waals surface area contributed by atoms with Crippen molar-refractivity contribution in [3.8, 4) is 0 Å². The van der Waals surface area contributed by atoms with E-state index in [0.717, 1.165) is 12.8 Å². The summed E-state index contributed by atoms with van der Waals surface area (Å²) in [6.07, 6.45) is 3.16. The predicted molar refractivity (Wildman–Crippen MR) is 78.8 cm³/mol. The van der Waals surface area contributed by atoms with Crippen LogP contribution in [0.25, 0.3) is 0 Å². The van der Waals surface area contributed by atoms with E-state index in [-0.39, 0.29) is 29.4 Å². The number of carbonyl (C=O) groups is 1. The van der Waals surface area contributed by atoms with Crippen molar-refractivity contribution in [1.29, 1.82) is 0 Å². The molecule has 3 N–H and O–H groups in total. The lowest BCUT2D eigenvalue weighted by molar-refractivity contribution is 0.0942. The monoisotopic (exact) mass is 287 g/mol. The number of pyridine rings is 1. The van der Waals surface area contributed by atoms with Gasteiger partial charge in [-0.15, -0.1) is 12.4 Å². The van der Waals surface area contributed by atoms with E-state index in [0.29, 0.717) is 12.1 Å². The molecule has 5 nitrogen and oxygen atoms in total. The summed E-state index contributed by atoms with van der Waals surface area (Å²) in [7, 11) is 1.64. The van der Waals surface area contributed by atoms with Gasteiger partial charge in [0.1, 0.15) is 0 Å². The lowest BCUT2D eigenvalue weighted by Crippen LogP contribution is -2.49. The molecule has 0 unspecified atom stereocenters. The summed E-state index contributed by atoms with van der Waals surface area (Å²) in [5.74, 6) is -0.260. The van der Waals surface area contributed by atoms with E-state index in [1.807, 2.05) is 13.8 Å². The summed E-state index contributed by atoms with van der Waals surface area (Å²) >= 11 is 0. The third kappa shape index (κ3) is 4.69. The number of carbonyl (C=O) groups excluding carboxylic acids is 1. The van der Waals surface area contributed by atoms with Crippen molar-refractivity contribution >= 4 is 18.3 Å². The molecule has 0 bridgehead atoms. The molecule has 0 aliphatic carbocycles. The number of amides is 1. The first kappa shape index (κ1) is 17.7. The summed E-state index contributed by atoms with van der Waals surface area (Å²) in [5.41, 5.74) is 5.88. The van der Waals surface area contributed by atoms with Crippen LogP contribution in [0.2, 0.25) is 0 Å². The zero-order valence-electron chi connectivity index (χ0n) is 11.6. The van der Waals surface area contributed by atoms with E-state index in [1.54, 1.807) is 19.3 Å². The maximum absolute atomic E-state index is 11.9. The molecule has 0 saturated heterocycles. The SMILES string of the molecule is CCC(N)(CC)CNC(=O)c1ccn(C)c(=O)c1.Cl. The fraction of sp³-hybridized carbons (Fsp3) is 0.538. The van der Waals surface area contributed by atoms with Crippen LogP contribution in [0, 0.1) is 0 Å². The average Bonchev–Trinajstić information content (AvgIpc) is 2.38. The van der Waals surface area contributed by atoms with Gasteiger partial charge in [0.15, 0.2) is 0 Å². The second-order valence-electron chi connectivity index (χ2n) is 4.62. The number of hydrogen-bond donors (Lipinski definition) is 2. The average molecular weight is 288 g/mol. The largest absolute Gasteiger partial charge is 0.350 e. The minimum Gasteiger partial charge on any atom is -0.350 e. The maximum Gasteiger partial charge on any atom is 0.251 e. The van der Waals surface area contributed by atoms with Crippen molar-refractivity contribution in [3.63, 3.8) is 0 Å². The molecular weight excluding hydrogens is 266 g/mol. The number of nitrogens with two attached hydrogens (primary N) is 1. The molecule has 0 atom stereocenters. The smallest absolute Gasteiger partial charge is 0.251 e. The minimum atomic E-state index is -0.380. The summed E-state index contributed by atoms with van der Waals surface area (Å²) in [4.78, 5) is 23.3. The molecule has 1 aromatic heterocycles. The van der Waals surface area contributed by atoms with E-state index in [4.69, 9.17) is 5.73 Å². The zero-order valence-corrected chi connectivity index (χ0v) is 12.4. The highest BCUT2D eigenvalue weighted by molar-refractivity contribution is 5.94. The van der Waals surface area contributed by atoms with Gasteiger partial charge in [-0.2, -0.15) is 0 Å². The topological polar surface area (TPSA) is 77.1 Å². The molecule has 0 aliphatic rings. The van der Waals surface area contributed by atoms with Crippen LogP contribution >= 0.6 is 12.4 Å². The Bertz CT molecular complexity index is 481. The van der Waals surface area contributed by atoms with Crippen LogP contribution in [0.15, 0.2) is 23.1 Å². The molecule has 19 heavy (non-hydrogen) atoms. The molecule has 0 saturated carbocycles. The Balaban J connectivity index is 0.00000324. The van der Waals surface area contributed by atoms with Gasteiger partial charge < -0.3 is 15.6 Å². The highest BCUT2D eigenvalue weighted by Gasteiger charge is 2.21. The molecule has 1 heterocycles. The van der Waals surface area contributed by atoms with Gasteiger partial charge in [0.05, 0.1) is 0 Å². The Morgan fingerprint density at radius 1 is 1.42 bits per heavy atom. The quantitative estimate of drug-likeness (QED) is 0.850. The van der Waals surface area contributed by atoms with Gasteiger partial charge in [-0.05, 0) is 18.9 Å². The molecule has 108 valence electrons. The van der Waals surface area contributed by atoms with E-state index < -0.39 is 0 Å². The minimum absolute atomic E-state index is 0. The Hall–Kier alpha value is -1.33. The van der Waals surface area contributed by atoms with Crippen LogP contribution in [0.3, 0.4) is 0 Å². The first-order valence-electron chi connectivity index (χ1n) is 6.15. The maximum atomic E-state index is 11.9. The molecule has 0 radical (unpaired) electrons. The summed E-state index contributed by atoms with van der Waals surface area (Å²) < 4.78 is 1.42. The molecule has 0 fully saturated rings.